The highest BCUT2D eigenvalue weighted by Crippen LogP contribution is 2.34. The number of carbonyl (C=O) groups excluding carboxylic acids is 2. The first-order valence-electron chi connectivity index (χ1n) is 12.5. The quantitative estimate of drug-likeness (QED) is 0.461. The van der Waals surface area contributed by atoms with Crippen LogP contribution in [-0.4, -0.2) is 60.5 Å². The molecule has 36 heavy (non-hydrogen) atoms. The summed E-state index contributed by atoms with van der Waals surface area (Å²) in [5.41, 5.74) is 3.28. The molecule has 2 saturated heterocycles. The number of methoxy groups -OCH3 is 1. The Morgan fingerprint density at radius 3 is 2.67 bits per heavy atom. The van der Waals surface area contributed by atoms with E-state index in [1.165, 1.54) is 7.11 Å². The standard InChI is InChI=1S/C27H32N4O5/c1-34-27(33)24-23(30-26(32)22-8-5-13-36-22)21-16-20(29-19-10-14-35-15-11-19)17-28-25(21)31(24)12-9-18-6-3-2-4-7-18/h2-4,6-7,16-17,19,22,29H,5,8-15H2,1H3,(H,30,32). The van der Waals surface area contributed by atoms with E-state index in [4.69, 9.17) is 19.2 Å². The molecule has 4 heterocycles. The molecular formula is C27H32N4O5. The van der Waals surface area contributed by atoms with Crippen molar-refractivity contribution < 1.29 is 23.8 Å². The van der Waals surface area contributed by atoms with Gasteiger partial charge < -0.3 is 29.4 Å². The van der Waals surface area contributed by atoms with Gasteiger partial charge in [0.25, 0.3) is 5.91 Å². The minimum Gasteiger partial charge on any atom is -0.464 e. The van der Waals surface area contributed by atoms with E-state index < -0.39 is 12.1 Å². The third-order valence-corrected chi connectivity index (χ3v) is 6.81. The predicted molar refractivity (Wildman–Crippen MR) is 136 cm³/mol. The van der Waals surface area contributed by atoms with Gasteiger partial charge in [-0.3, -0.25) is 4.79 Å². The number of esters is 1. The molecule has 2 fully saturated rings. The van der Waals surface area contributed by atoms with Crippen molar-refractivity contribution in [2.75, 3.05) is 37.6 Å². The predicted octanol–water partition coefficient (Wildman–Crippen LogP) is 3.77. The molecule has 2 aromatic heterocycles. The molecular weight excluding hydrogens is 460 g/mol. The van der Waals surface area contributed by atoms with Gasteiger partial charge in [-0.2, -0.15) is 0 Å². The van der Waals surface area contributed by atoms with Crippen molar-refractivity contribution in [1.29, 1.82) is 0 Å². The topological polar surface area (TPSA) is 104 Å². The van der Waals surface area contributed by atoms with Gasteiger partial charge in [0.1, 0.15) is 11.8 Å². The van der Waals surface area contributed by atoms with Crippen LogP contribution >= 0.6 is 0 Å². The maximum Gasteiger partial charge on any atom is 0.356 e. The molecule has 2 aliphatic rings. The Morgan fingerprint density at radius 2 is 1.94 bits per heavy atom. The van der Waals surface area contributed by atoms with Crippen molar-refractivity contribution in [2.45, 2.75) is 50.8 Å². The Morgan fingerprint density at radius 1 is 1.14 bits per heavy atom. The van der Waals surface area contributed by atoms with Crippen LogP contribution in [-0.2, 0) is 32.0 Å². The number of nitrogens with one attached hydrogen (secondary N) is 2. The SMILES string of the molecule is COC(=O)c1c(NC(=O)C2CCCO2)c2cc(NC3CCOCC3)cnc2n1CCc1ccccc1. The van der Waals surface area contributed by atoms with E-state index in [0.29, 0.717) is 42.7 Å². The van der Waals surface area contributed by atoms with E-state index in [1.54, 1.807) is 6.20 Å². The second-order valence-electron chi connectivity index (χ2n) is 9.22. The summed E-state index contributed by atoms with van der Waals surface area (Å²) in [5.74, 6) is -0.787. The monoisotopic (exact) mass is 492 g/mol. The van der Waals surface area contributed by atoms with Gasteiger partial charge in [0, 0.05) is 37.8 Å². The number of anilines is 2. The first kappa shape index (κ1) is 24.3. The molecule has 190 valence electrons. The lowest BCUT2D eigenvalue weighted by Gasteiger charge is -2.24. The summed E-state index contributed by atoms with van der Waals surface area (Å²) in [6.07, 6.45) is 5.25. The average Bonchev–Trinajstić information content (AvgIpc) is 3.55. The number of hydrogen-bond acceptors (Lipinski definition) is 7. The van der Waals surface area contributed by atoms with Crippen molar-refractivity contribution in [1.82, 2.24) is 9.55 Å². The number of aryl methyl sites for hydroxylation is 2. The zero-order valence-corrected chi connectivity index (χ0v) is 20.5. The summed E-state index contributed by atoms with van der Waals surface area (Å²) in [6, 6.07) is 12.3. The number of hydrogen-bond donors (Lipinski definition) is 2. The second-order valence-corrected chi connectivity index (χ2v) is 9.22. The molecule has 9 nitrogen and oxygen atoms in total. The molecule has 3 aromatic rings. The molecule has 0 aliphatic carbocycles. The Labute approximate surface area is 210 Å². The summed E-state index contributed by atoms with van der Waals surface area (Å²) in [4.78, 5) is 30.9. The Bertz CT molecular complexity index is 1210. The molecule has 5 rings (SSSR count). The summed E-state index contributed by atoms with van der Waals surface area (Å²) in [5, 5.41) is 7.21. The molecule has 1 amide bonds. The number of ether oxygens (including phenoxy) is 3. The number of carbonyl (C=O) groups is 2. The number of benzene rings is 1. The van der Waals surface area contributed by atoms with Crippen LogP contribution in [0.4, 0.5) is 11.4 Å². The van der Waals surface area contributed by atoms with Gasteiger partial charge in [0.05, 0.1) is 24.7 Å². The van der Waals surface area contributed by atoms with Crippen LogP contribution in [0.5, 0.6) is 0 Å². The number of nitrogens with zero attached hydrogens (tertiary/aromatic N) is 2. The van der Waals surface area contributed by atoms with Crippen LogP contribution in [0.2, 0.25) is 0 Å². The van der Waals surface area contributed by atoms with E-state index in [2.05, 4.69) is 10.6 Å². The third kappa shape index (κ3) is 5.22. The lowest BCUT2D eigenvalue weighted by Crippen LogP contribution is -2.28. The van der Waals surface area contributed by atoms with Crippen LogP contribution in [0.1, 0.15) is 41.7 Å². The maximum atomic E-state index is 13.1. The van der Waals surface area contributed by atoms with E-state index >= 15 is 0 Å². The molecule has 0 radical (unpaired) electrons. The van der Waals surface area contributed by atoms with Gasteiger partial charge in [-0.1, -0.05) is 30.3 Å². The van der Waals surface area contributed by atoms with Crippen molar-refractivity contribution in [3.05, 3.63) is 53.9 Å². The van der Waals surface area contributed by atoms with Crippen molar-refractivity contribution in [2.24, 2.45) is 0 Å². The number of amides is 1. The van der Waals surface area contributed by atoms with Crippen LogP contribution in [0.25, 0.3) is 11.0 Å². The molecule has 1 aromatic carbocycles. The molecule has 0 saturated carbocycles. The third-order valence-electron chi connectivity index (χ3n) is 6.81. The minimum atomic E-state index is -0.533. The van der Waals surface area contributed by atoms with E-state index in [-0.39, 0.29) is 17.6 Å². The van der Waals surface area contributed by atoms with Crippen molar-refractivity contribution in [3.63, 3.8) is 0 Å². The zero-order valence-electron chi connectivity index (χ0n) is 20.5. The summed E-state index contributed by atoms with van der Waals surface area (Å²) in [6.45, 7) is 2.50. The molecule has 1 atom stereocenters. The van der Waals surface area contributed by atoms with Gasteiger partial charge in [-0.25, -0.2) is 9.78 Å². The minimum absolute atomic E-state index is 0.262. The zero-order chi connectivity index (χ0) is 24.9. The fraction of sp³-hybridized carbons (Fsp3) is 0.444. The Balaban J connectivity index is 1.55. The van der Waals surface area contributed by atoms with Crippen LogP contribution in [0.3, 0.4) is 0 Å². The summed E-state index contributed by atoms with van der Waals surface area (Å²) in [7, 11) is 1.35. The molecule has 2 aliphatic heterocycles. The van der Waals surface area contributed by atoms with Crippen molar-refractivity contribution >= 4 is 34.3 Å². The lowest BCUT2D eigenvalue weighted by molar-refractivity contribution is -0.124. The Kier molecular flexibility index (Phi) is 7.48. The van der Waals surface area contributed by atoms with Crippen LogP contribution in [0.15, 0.2) is 42.6 Å². The Hall–Kier alpha value is -3.43. The van der Waals surface area contributed by atoms with Gasteiger partial charge in [0.15, 0.2) is 5.69 Å². The second kappa shape index (κ2) is 11.1. The molecule has 9 heteroatoms. The maximum absolute atomic E-state index is 13.1. The summed E-state index contributed by atoms with van der Waals surface area (Å²) >= 11 is 0. The highest BCUT2D eigenvalue weighted by atomic mass is 16.5. The van der Waals surface area contributed by atoms with E-state index in [0.717, 1.165) is 43.7 Å². The number of fused-ring (bicyclic) bond motifs is 1. The molecule has 0 spiro atoms. The molecule has 0 bridgehead atoms. The highest BCUT2D eigenvalue weighted by Gasteiger charge is 2.30. The first-order valence-corrected chi connectivity index (χ1v) is 12.5. The smallest absolute Gasteiger partial charge is 0.356 e. The number of aromatic nitrogens is 2. The van der Waals surface area contributed by atoms with Crippen molar-refractivity contribution in [3.8, 4) is 0 Å². The van der Waals surface area contributed by atoms with E-state index in [9.17, 15) is 9.59 Å². The van der Waals surface area contributed by atoms with Gasteiger partial charge in [-0.15, -0.1) is 0 Å². The molecule has 2 N–H and O–H groups in total. The fourth-order valence-corrected chi connectivity index (χ4v) is 4.91. The first-order chi connectivity index (χ1) is 17.6. The fourth-order valence-electron chi connectivity index (χ4n) is 4.91. The van der Waals surface area contributed by atoms with Crippen LogP contribution in [0, 0.1) is 0 Å². The highest BCUT2D eigenvalue weighted by molar-refractivity contribution is 6.12. The van der Waals surface area contributed by atoms with Gasteiger partial charge in [0.2, 0.25) is 0 Å². The largest absolute Gasteiger partial charge is 0.464 e. The average molecular weight is 493 g/mol. The molecule has 1 unspecified atom stereocenters. The lowest BCUT2D eigenvalue weighted by atomic mass is 10.1. The summed E-state index contributed by atoms with van der Waals surface area (Å²) < 4.78 is 18.1. The number of rotatable bonds is 8. The number of pyridine rings is 1. The van der Waals surface area contributed by atoms with E-state index in [1.807, 2.05) is 41.0 Å². The van der Waals surface area contributed by atoms with Gasteiger partial charge >= 0.3 is 5.97 Å². The normalized spacial score (nSPS) is 18.3. The van der Waals surface area contributed by atoms with Gasteiger partial charge in [-0.05, 0) is 43.7 Å². The van der Waals surface area contributed by atoms with Crippen LogP contribution < -0.4 is 10.6 Å².